The molecular weight excluding hydrogens is 386 g/mol. The van der Waals surface area contributed by atoms with Gasteiger partial charge in [-0.05, 0) is 18.2 Å². The van der Waals surface area contributed by atoms with Gasteiger partial charge in [0, 0.05) is 38.3 Å². The number of piperazine rings is 1. The Morgan fingerprint density at radius 2 is 1.64 bits per heavy atom. The van der Waals surface area contributed by atoms with Crippen molar-refractivity contribution >= 4 is 33.2 Å². The maximum Gasteiger partial charge on any atom is 0.244 e. The van der Waals surface area contributed by atoms with Crippen molar-refractivity contribution in [3.05, 3.63) is 63.9 Å². The fourth-order valence-electron chi connectivity index (χ4n) is 2.82. The first kappa shape index (κ1) is 18.6. The fourth-order valence-corrected chi connectivity index (χ4v) is 4.98. The Hall–Kier alpha value is -1.18. The molecule has 3 rings (SSSR count). The molecule has 134 valence electrons. The molecule has 0 atom stereocenters. The van der Waals surface area contributed by atoms with Crippen LogP contribution in [-0.4, -0.2) is 43.8 Å². The first-order valence-electron chi connectivity index (χ1n) is 7.79. The minimum absolute atomic E-state index is 0.0178. The average Bonchev–Trinajstić information content (AvgIpc) is 2.60. The van der Waals surface area contributed by atoms with E-state index in [9.17, 15) is 12.8 Å². The first-order valence-corrected chi connectivity index (χ1v) is 9.99. The lowest BCUT2D eigenvalue weighted by molar-refractivity contribution is 0.180. The van der Waals surface area contributed by atoms with Gasteiger partial charge in [-0.3, -0.25) is 4.90 Å². The minimum atomic E-state index is -3.70. The molecule has 0 N–H and O–H groups in total. The summed E-state index contributed by atoms with van der Waals surface area (Å²) in [6.07, 6.45) is 0. The van der Waals surface area contributed by atoms with Crippen LogP contribution in [0.1, 0.15) is 5.56 Å². The number of nitrogens with zero attached hydrogens (tertiary/aromatic N) is 2. The lowest BCUT2D eigenvalue weighted by Gasteiger charge is -2.34. The van der Waals surface area contributed by atoms with E-state index < -0.39 is 10.0 Å². The molecule has 8 heteroatoms. The molecule has 1 aliphatic heterocycles. The summed E-state index contributed by atoms with van der Waals surface area (Å²) in [5, 5.41) is 0.249. The van der Waals surface area contributed by atoms with Crippen molar-refractivity contribution in [1.29, 1.82) is 0 Å². The maximum absolute atomic E-state index is 13.8. The second-order valence-electron chi connectivity index (χ2n) is 5.82. The third kappa shape index (κ3) is 3.99. The second kappa shape index (κ2) is 7.60. The quantitative estimate of drug-likeness (QED) is 0.783. The predicted octanol–water partition coefficient (Wildman–Crippen LogP) is 3.64. The van der Waals surface area contributed by atoms with Crippen LogP contribution in [0.5, 0.6) is 0 Å². The molecule has 1 fully saturated rings. The van der Waals surface area contributed by atoms with E-state index in [-0.39, 0.29) is 20.8 Å². The van der Waals surface area contributed by atoms with Gasteiger partial charge in [0.05, 0.1) is 10.0 Å². The third-order valence-electron chi connectivity index (χ3n) is 4.22. The zero-order chi connectivity index (χ0) is 18.0. The van der Waals surface area contributed by atoms with Crippen molar-refractivity contribution in [2.45, 2.75) is 11.4 Å². The summed E-state index contributed by atoms with van der Waals surface area (Å²) >= 11 is 12.0. The molecule has 4 nitrogen and oxygen atoms in total. The topological polar surface area (TPSA) is 40.6 Å². The lowest BCUT2D eigenvalue weighted by atomic mass is 10.2. The van der Waals surface area contributed by atoms with Gasteiger partial charge >= 0.3 is 0 Å². The smallest absolute Gasteiger partial charge is 0.244 e. The van der Waals surface area contributed by atoms with E-state index in [1.807, 2.05) is 4.90 Å². The molecule has 0 unspecified atom stereocenters. The van der Waals surface area contributed by atoms with E-state index in [0.29, 0.717) is 38.3 Å². The SMILES string of the molecule is O=S(=O)(c1cccc(Cl)c1Cl)N1CCN(Cc2ccccc2F)CC1. The van der Waals surface area contributed by atoms with Crippen molar-refractivity contribution < 1.29 is 12.8 Å². The summed E-state index contributed by atoms with van der Waals surface area (Å²) in [5.41, 5.74) is 0.608. The van der Waals surface area contributed by atoms with Crippen molar-refractivity contribution in [3.8, 4) is 0 Å². The highest BCUT2D eigenvalue weighted by atomic mass is 35.5. The lowest BCUT2D eigenvalue weighted by Crippen LogP contribution is -2.48. The van der Waals surface area contributed by atoms with Crippen LogP contribution in [0.3, 0.4) is 0 Å². The monoisotopic (exact) mass is 402 g/mol. The molecule has 0 saturated carbocycles. The van der Waals surface area contributed by atoms with Gasteiger partial charge in [0.25, 0.3) is 0 Å². The van der Waals surface area contributed by atoms with Crippen molar-refractivity contribution in [1.82, 2.24) is 9.21 Å². The maximum atomic E-state index is 13.8. The van der Waals surface area contributed by atoms with E-state index in [4.69, 9.17) is 23.2 Å². The molecule has 0 aliphatic carbocycles. The molecule has 25 heavy (non-hydrogen) atoms. The molecule has 1 heterocycles. The van der Waals surface area contributed by atoms with Crippen molar-refractivity contribution in [3.63, 3.8) is 0 Å². The Kier molecular flexibility index (Phi) is 5.65. The first-order chi connectivity index (χ1) is 11.9. The molecule has 1 saturated heterocycles. The molecule has 2 aromatic carbocycles. The molecule has 0 aromatic heterocycles. The summed E-state index contributed by atoms with van der Waals surface area (Å²) < 4.78 is 40.7. The third-order valence-corrected chi connectivity index (χ3v) is 7.09. The van der Waals surface area contributed by atoms with Gasteiger partial charge in [-0.1, -0.05) is 47.5 Å². The zero-order valence-electron chi connectivity index (χ0n) is 13.3. The highest BCUT2D eigenvalue weighted by Crippen LogP contribution is 2.31. The van der Waals surface area contributed by atoms with Crippen LogP contribution >= 0.6 is 23.2 Å². The summed E-state index contributed by atoms with van der Waals surface area (Å²) in [6, 6.07) is 11.2. The highest BCUT2D eigenvalue weighted by Gasteiger charge is 2.30. The van der Waals surface area contributed by atoms with Gasteiger partial charge < -0.3 is 0 Å². The molecule has 0 spiro atoms. The van der Waals surface area contributed by atoms with E-state index in [2.05, 4.69) is 0 Å². The number of benzene rings is 2. The number of rotatable bonds is 4. The van der Waals surface area contributed by atoms with Gasteiger partial charge in [-0.25, -0.2) is 12.8 Å². The summed E-state index contributed by atoms with van der Waals surface area (Å²) in [4.78, 5) is 2.05. The molecule has 2 aromatic rings. The zero-order valence-corrected chi connectivity index (χ0v) is 15.7. The van der Waals surface area contributed by atoms with Gasteiger partial charge in [-0.15, -0.1) is 0 Å². The van der Waals surface area contributed by atoms with Crippen LogP contribution in [0.15, 0.2) is 47.4 Å². The average molecular weight is 403 g/mol. The molecule has 0 bridgehead atoms. The fraction of sp³-hybridized carbons (Fsp3) is 0.294. The number of hydrogen-bond donors (Lipinski definition) is 0. The Labute approximate surface area is 156 Å². The molecular formula is C17H17Cl2FN2O2S. The number of sulfonamides is 1. The number of halogens is 3. The Balaban J connectivity index is 1.69. The van der Waals surface area contributed by atoms with Crippen LogP contribution in [0.4, 0.5) is 4.39 Å². The summed E-state index contributed by atoms with van der Waals surface area (Å²) in [7, 11) is -3.70. The minimum Gasteiger partial charge on any atom is -0.296 e. The van der Waals surface area contributed by atoms with E-state index >= 15 is 0 Å². The van der Waals surface area contributed by atoms with Crippen LogP contribution < -0.4 is 0 Å². The van der Waals surface area contributed by atoms with Crippen LogP contribution in [0, 0.1) is 5.82 Å². The van der Waals surface area contributed by atoms with E-state index in [1.54, 1.807) is 30.3 Å². The van der Waals surface area contributed by atoms with Gasteiger partial charge in [-0.2, -0.15) is 4.31 Å². The van der Waals surface area contributed by atoms with E-state index in [0.717, 1.165) is 0 Å². The standard InChI is InChI=1S/C17H17Cl2FN2O2S/c18-14-5-3-7-16(17(14)19)25(23,24)22-10-8-21(9-11-22)12-13-4-1-2-6-15(13)20/h1-7H,8-12H2. The van der Waals surface area contributed by atoms with Crippen LogP contribution in [-0.2, 0) is 16.6 Å². The molecule has 0 radical (unpaired) electrons. The molecule has 0 amide bonds. The normalized spacial score (nSPS) is 16.9. The van der Waals surface area contributed by atoms with Gasteiger partial charge in [0.2, 0.25) is 10.0 Å². The summed E-state index contributed by atoms with van der Waals surface area (Å²) in [6.45, 7) is 2.13. The Morgan fingerprint density at radius 1 is 0.960 bits per heavy atom. The van der Waals surface area contributed by atoms with Crippen molar-refractivity contribution in [2.24, 2.45) is 0 Å². The van der Waals surface area contributed by atoms with Crippen molar-refractivity contribution in [2.75, 3.05) is 26.2 Å². The summed E-state index contributed by atoms with van der Waals surface area (Å²) in [5.74, 6) is -0.247. The Morgan fingerprint density at radius 3 is 2.32 bits per heavy atom. The largest absolute Gasteiger partial charge is 0.296 e. The van der Waals surface area contributed by atoms with E-state index in [1.165, 1.54) is 16.4 Å². The highest BCUT2D eigenvalue weighted by molar-refractivity contribution is 7.89. The molecule has 1 aliphatic rings. The van der Waals surface area contributed by atoms with Gasteiger partial charge in [0.15, 0.2) is 0 Å². The van der Waals surface area contributed by atoms with Crippen LogP contribution in [0.25, 0.3) is 0 Å². The second-order valence-corrected chi connectivity index (χ2v) is 8.52. The van der Waals surface area contributed by atoms with Crippen LogP contribution in [0.2, 0.25) is 10.0 Å². The Bertz CT molecular complexity index is 869. The van der Waals surface area contributed by atoms with Gasteiger partial charge in [0.1, 0.15) is 10.7 Å². The number of hydrogen-bond acceptors (Lipinski definition) is 3. The predicted molar refractivity (Wildman–Crippen MR) is 96.9 cm³/mol.